The molecule has 1 N–H and O–H groups in total. The molecule has 2 heteroatoms. The number of ether oxygens (including phenoxy) is 1. The van der Waals surface area contributed by atoms with E-state index in [-0.39, 0.29) is 0 Å². The Bertz CT molecular complexity index is 242. The smallest absolute Gasteiger partial charge is 0.0576 e. The molecule has 2 rings (SSSR count). The van der Waals surface area contributed by atoms with Crippen LogP contribution in [-0.2, 0) is 4.74 Å². The van der Waals surface area contributed by atoms with Crippen molar-refractivity contribution >= 4 is 0 Å². The van der Waals surface area contributed by atoms with Crippen LogP contribution in [-0.4, -0.2) is 25.8 Å². The maximum absolute atomic E-state index is 5.76. The normalized spacial score (nSPS) is 25.6. The molecule has 118 valence electrons. The summed E-state index contributed by atoms with van der Waals surface area (Å²) in [6.07, 6.45) is 13.2. The predicted molar refractivity (Wildman–Crippen MR) is 86.0 cm³/mol. The van der Waals surface area contributed by atoms with Crippen LogP contribution < -0.4 is 5.32 Å². The average molecular weight is 281 g/mol. The Labute approximate surface area is 126 Å². The monoisotopic (exact) mass is 281 g/mol. The molecule has 0 aromatic heterocycles. The van der Waals surface area contributed by atoms with Gasteiger partial charge in [0.25, 0.3) is 0 Å². The van der Waals surface area contributed by atoms with Gasteiger partial charge in [0.05, 0.1) is 6.10 Å². The van der Waals surface area contributed by atoms with Crippen LogP contribution in [0, 0.1) is 17.8 Å². The molecule has 1 aliphatic heterocycles. The third kappa shape index (κ3) is 5.73. The lowest BCUT2D eigenvalue weighted by Crippen LogP contribution is -2.30. The molecular formula is C18H35NO. The summed E-state index contributed by atoms with van der Waals surface area (Å²) < 4.78 is 5.76. The summed E-state index contributed by atoms with van der Waals surface area (Å²) in [6.45, 7) is 8.03. The third-order valence-corrected chi connectivity index (χ3v) is 5.15. The van der Waals surface area contributed by atoms with Gasteiger partial charge in [0.2, 0.25) is 0 Å². The largest absolute Gasteiger partial charge is 0.378 e. The van der Waals surface area contributed by atoms with Gasteiger partial charge < -0.3 is 10.1 Å². The van der Waals surface area contributed by atoms with Gasteiger partial charge in [-0.15, -0.1) is 0 Å². The fraction of sp³-hybridized carbons (Fsp3) is 1.00. The molecule has 2 unspecified atom stereocenters. The summed E-state index contributed by atoms with van der Waals surface area (Å²) in [6, 6.07) is 0. The minimum atomic E-state index is 0.586. The molecule has 0 aromatic carbocycles. The highest BCUT2D eigenvalue weighted by Crippen LogP contribution is 2.34. The van der Waals surface area contributed by atoms with Crippen LogP contribution in [0.25, 0.3) is 0 Å². The van der Waals surface area contributed by atoms with Crippen molar-refractivity contribution in [2.45, 2.75) is 77.7 Å². The third-order valence-electron chi connectivity index (χ3n) is 5.15. The molecule has 20 heavy (non-hydrogen) atoms. The molecule has 0 aromatic rings. The molecule has 1 saturated carbocycles. The van der Waals surface area contributed by atoms with E-state index < -0.39 is 0 Å². The minimum absolute atomic E-state index is 0.586. The van der Waals surface area contributed by atoms with Crippen molar-refractivity contribution in [1.29, 1.82) is 0 Å². The standard InChI is InChI=1S/C18H35NO/c1-15(2)13-19-14-17(16-7-3-4-8-16)9-5-10-18-11-6-12-20-18/h15-19H,3-14H2,1-2H3. The zero-order valence-electron chi connectivity index (χ0n) is 13.7. The Morgan fingerprint density at radius 2 is 1.85 bits per heavy atom. The molecule has 1 aliphatic carbocycles. The molecule has 2 aliphatic rings. The van der Waals surface area contributed by atoms with E-state index in [4.69, 9.17) is 4.74 Å². The van der Waals surface area contributed by atoms with Gasteiger partial charge in [-0.2, -0.15) is 0 Å². The molecule has 2 fully saturated rings. The summed E-state index contributed by atoms with van der Waals surface area (Å²) in [5, 5.41) is 3.71. The van der Waals surface area contributed by atoms with Crippen molar-refractivity contribution in [3.63, 3.8) is 0 Å². The molecule has 2 nitrogen and oxygen atoms in total. The SMILES string of the molecule is CC(C)CNCC(CCCC1CCCO1)C1CCCC1. The lowest BCUT2D eigenvalue weighted by atomic mass is 9.86. The quantitative estimate of drug-likeness (QED) is 0.677. The van der Waals surface area contributed by atoms with Crippen molar-refractivity contribution in [2.75, 3.05) is 19.7 Å². The molecular weight excluding hydrogens is 246 g/mol. The van der Waals surface area contributed by atoms with Crippen LogP contribution >= 0.6 is 0 Å². The van der Waals surface area contributed by atoms with Gasteiger partial charge in [-0.05, 0) is 56.5 Å². The Morgan fingerprint density at radius 1 is 1.05 bits per heavy atom. The van der Waals surface area contributed by atoms with E-state index in [1.54, 1.807) is 0 Å². The van der Waals surface area contributed by atoms with E-state index >= 15 is 0 Å². The summed E-state index contributed by atoms with van der Waals surface area (Å²) in [4.78, 5) is 0. The van der Waals surface area contributed by atoms with Crippen molar-refractivity contribution in [2.24, 2.45) is 17.8 Å². The second-order valence-corrected chi connectivity index (χ2v) is 7.42. The van der Waals surface area contributed by atoms with E-state index in [2.05, 4.69) is 19.2 Å². The summed E-state index contributed by atoms with van der Waals surface area (Å²) in [5.41, 5.74) is 0. The first-order chi connectivity index (χ1) is 9.75. The van der Waals surface area contributed by atoms with Gasteiger partial charge in [0, 0.05) is 6.61 Å². The van der Waals surface area contributed by atoms with Gasteiger partial charge in [0.15, 0.2) is 0 Å². The van der Waals surface area contributed by atoms with Crippen molar-refractivity contribution in [3.8, 4) is 0 Å². The molecule has 1 heterocycles. The zero-order valence-corrected chi connectivity index (χ0v) is 13.7. The second kappa shape index (κ2) is 9.04. The second-order valence-electron chi connectivity index (χ2n) is 7.42. The highest BCUT2D eigenvalue weighted by molar-refractivity contribution is 4.78. The Balaban J connectivity index is 1.67. The minimum Gasteiger partial charge on any atom is -0.378 e. The topological polar surface area (TPSA) is 21.3 Å². The maximum atomic E-state index is 5.76. The van der Waals surface area contributed by atoms with E-state index in [1.807, 2.05) is 0 Å². The molecule has 0 spiro atoms. The van der Waals surface area contributed by atoms with Gasteiger partial charge in [-0.25, -0.2) is 0 Å². The van der Waals surface area contributed by atoms with Gasteiger partial charge in [0.1, 0.15) is 0 Å². The summed E-state index contributed by atoms with van der Waals surface area (Å²) in [7, 11) is 0. The maximum Gasteiger partial charge on any atom is 0.0576 e. The Hall–Kier alpha value is -0.0800. The Morgan fingerprint density at radius 3 is 2.50 bits per heavy atom. The van der Waals surface area contributed by atoms with Crippen LogP contribution in [0.5, 0.6) is 0 Å². The first-order valence-corrected chi connectivity index (χ1v) is 9.08. The highest BCUT2D eigenvalue weighted by atomic mass is 16.5. The van der Waals surface area contributed by atoms with Crippen LogP contribution in [0.2, 0.25) is 0 Å². The average Bonchev–Trinajstić information content (AvgIpc) is 3.10. The van der Waals surface area contributed by atoms with Crippen LogP contribution in [0.3, 0.4) is 0 Å². The van der Waals surface area contributed by atoms with Crippen molar-refractivity contribution < 1.29 is 4.74 Å². The number of nitrogens with one attached hydrogen (secondary N) is 1. The lowest BCUT2D eigenvalue weighted by molar-refractivity contribution is 0.0995. The fourth-order valence-corrected chi connectivity index (χ4v) is 3.97. The predicted octanol–water partition coefficient (Wildman–Crippen LogP) is 4.39. The summed E-state index contributed by atoms with van der Waals surface area (Å²) in [5.74, 6) is 2.68. The fourth-order valence-electron chi connectivity index (χ4n) is 3.97. The van der Waals surface area contributed by atoms with Gasteiger partial charge in [-0.3, -0.25) is 0 Å². The van der Waals surface area contributed by atoms with E-state index in [0.29, 0.717) is 6.10 Å². The Kier molecular flexibility index (Phi) is 7.37. The van der Waals surface area contributed by atoms with Crippen LogP contribution in [0.15, 0.2) is 0 Å². The highest BCUT2D eigenvalue weighted by Gasteiger charge is 2.25. The van der Waals surface area contributed by atoms with Gasteiger partial charge in [-0.1, -0.05) is 46.0 Å². The van der Waals surface area contributed by atoms with Crippen LogP contribution in [0.1, 0.15) is 71.6 Å². The number of hydrogen-bond donors (Lipinski definition) is 1. The van der Waals surface area contributed by atoms with Crippen LogP contribution in [0.4, 0.5) is 0 Å². The van der Waals surface area contributed by atoms with Crippen molar-refractivity contribution in [1.82, 2.24) is 5.32 Å². The lowest BCUT2D eigenvalue weighted by Gasteiger charge is -2.25. The first-order valence-electron chi connectivity index (χ1n) is 9.08. The number of rotatable bonds is 9. The molecule has 0 amide bonds. The summed E-state index contributed by atoms with van der Waals surface area (Å²) >= 11 is 0. The molecule has 2 atom stereocenters. The van der Waals surface area contributed by atoms with E-state index in [1.165, 1.54) is 70.9 Å². The molecule has 1 saturated heterocycles. The zero-order chi connectivity index (χ0) is 14.2. The molecule has 0 radical (unpaired) electrons. The number of hydrogen-bond acceptors (Lipinski definition) is 2. The van der Waals surface area contributed by atoms with Crippen molar-refractivity contribution in [3.05, 3.63) is 0 Å². The first kappa shape index (κ1) is 16.3. The van der Waals surface area contributed by atoms with E-state index in [9.17, 15) is 0 Å². The van der Waals surface area contributed by atoms with Gasteiger partial charge >= 0.3 is 0 Å². The van der Waals surface area contributed by atoms with E-state index in [0.717, 1.165) is 24.4 Å². The molecule has 0 bridgehead atoms.